The van der Waals surface area contributed by atoms with Crippen LogP contribution in [0, 0.1) is 0 Å². The Kier molecular flexibility index (Phi) is 50.7. The Labute approximate surface area is 290 Å². The molecule has 0 saturated heterocycles. The van der Waals surface area contributed by atoms with E-state index in [-0.39, 0.29) is 5.48 Å². The fraction of sp³-hybridized carbons (Fsp3) is 0.944. The molecule has 0 aliphatic carbocycles. The molecule has 0 amide bonds. The first-order chi connectivity index (χ1) is 20.7. The van der Waals surface area contributed by atoms with Gasteiger partial charge in [0, 0.05) is 13.8 Å². The van der Waals surface area contributed by atoms with Gasteiger partial charge >= 0.3 is 241 Å². The van der Waals surface area contributed by atoms with E-state index in [0.717, 1.165) is 13.8 Å². The van der Waals surface area contributed by atoms with E-state index in [0.29, 0.717) is 0 Å². The first-order valence-corrected chi connectivity index (χ1v) is 30.5. The van der Waals surface area contributed by atoms with Gasteiger partial charge in [-0.25, -0.2) is 0 Å². The van der Waals surface area contributed by atoms with Crippen molar-refractivity contribution in [2.45, 2.75) is 213 Å². The van der Waals surface area contributed by atoms with E-state index in [2.05, 4.69) is 27.7 Å². The third-order valence-corrected chi connectivity index (χ3v) is 39.2. The molecule has 8 heteroatoms. The molecular formula is C36H80O6Sn2. The van der Waals surface area contributed by atoms with Crippen LogP contribution in [-0.4, -0.2) is 68.0 Å². The van der Waals surface area contributed by atoms with Crippen LogP contribution in [0.15, 0.2) is 0 Å². The van der Waals surface area contributed by atoms with Gasteiger partial charge < -0.3 is 15.7 Å². The molecule has 0 aromatic carbocycles. The fourth-order valence-electron chi connectivity index (χ4n) is 5.62. The second-order valence-electron chi connectivity index (χ2n) is 12.7. The number of aliphatic carboxylic acids is 2. The quantitative estimate of drug-likeness (QED) is 0.0552. The Morgan fingerprint density at radius 3 is 0.977 bits per heavy atom. The fourth-order valence-corrected chi connectivity index (χ4v) is 39.2. The molecule has 0 heterocycles. The SMILES string of the molecule is CC(=O)O.CC(=O)O.CCCCCCC[CH2][SnH2][O][Sn]([CH2]CCCCCCC)([CH2]CCCCCCC)[CH2]CCCCCCC.O. The molecule has 0 radical (unpaired) electrons. The minimum Gasteiger partial charge on any atom is -0.412 e. The molecule has 0 aliphatic rings. The van der Waals surface area contributed by atoms with Gasteiger partial charge in [0.25, 0.3) is 11.9 Å². The van der Waals surface area contributed by atoms with E-state index in [1.54, 1.807) is 13.3 Å². The third kappa shape index (κ3) is 49.3. The van der Waals surface area contributed by atoms with Gasteiger partial charge in [0.15, 0.2) is 0 Å². The Morgan fingerprint density at radius 2 is 0.705 bits per heavy atom. The van der Waals surface area contributed by atoms with Crippen LogP contribution in [-0.2, 0) is 11.0 Å². The zero-order valence-electron chi connectivity index (χ0n) is 30.6. The standard InChI is InChI=1S/4C8H17.2C2H4O2.H2O.O.2Sn.2H/c4*1-3-5-7-8-6-4-2;2*1-2(3)4;;;;;;/h4*1,3-8H2,2H3;2*1H3,(H,3,4);1H2;;;;;. The number of unbranched alkanes of at least 4 members (excludes halogenated alkanes) is 20. The van der Waals surface area contributed by atoms with Crippen molar-refractivity contribution < 1.29 is 26.7 Å². The summed E-state index contributed by atoms with van der Waals surface area (Å²) in [6, 6.07) is 0. The van der Waals surface area contributed by atoms with Crippen molar-refractivity contribution in [2.24, 2.45) is 0 Å². The predicted molar refractivity (Wildman–Crippen MR) is 198 cm³/mol. The van der Waals surface area contributed by atoms with Crippen LogP contribution in [0.25, 0.3) is 0 Å². The summed E-state index contributed by atoms with van der Waals surface area (Å²) in [6.07, 6.45) is 35.0. The number of hydrogen-bond donors (Lipinski definition) is 2. The van der Waals surface area contributed by atoms with E-state index in [4.69, 9.17) is 21.2 Å². The van der Waals surface area contributed by atoms with Crippen LogP contribution in [0.4, 0.5) is 0 Å². The first kappa shape index (κ1) is 51.3. The van der Waals surface area contributed by atoms with E-state index < -0.39 is 52.3 Å². The van der Waals surface area contributed by atoms with Gasteiger partial charge in [0.05, 0.1) is 0 Å². The Morgan fingerprint density at radius 1 is 0.477 bits per heavy atom. The minimum absolute atomic E-state index is 0. The van der Waals surface area contributed by atoms with E-state index in [9.17, 15) is 0 Å². The maximum absolute atomic E-state index is 9.00. The second kappa shape index (κ2) is 43.5. The number of carbonyl (C=O) groups is 2. The van der Waals surface area contributed by atoms with E-state index in [1.807, 2.05) is 0 Å². The summed E-state index contributed by atoms with van der Waals surface area (Å²) in [5.41, 5.74) is 0. The molecule has 0 spiro atoms. The maximum Gasteiger partial charge on any atom is -0.412 e. The normalized spacial score (nSPS) is 11.0. The summed E-state index contributed by atoms with van der Waals surface area (Å²) in [5.74, 6) is -1.67. The monoisotopic (exact) mass is 848 g/mol. The molecule has 0 atom stereocenters. The van der Waals surface area contributed by atoms with Crippen molar-refractivity contribution >= 4 is 52.3 Å². The molecule has 6 nitrogen and oxygen atoms in total. The summed E-state index contributed by atoms with van der Waals surface area (Å²) in [7, 11) is 0. The predicted octanol–water partition coefficient (Wildman–Crippen LogP) is 11.2. The number of rotatable bonds is 30. The van der Waals surface area contributed by atoms with Crippen molar-refractivity contribution in [3.63, 3.8) is 0 Å². The van der Waals surface area contributed by atoms with Crippen LogP contribution in [0.1, 0.15) is 196 Å². The van der Waals surface area contributed by atoms with Crippen LogP contribution in [0.5, 0.6) is 0 Å². The molecule has 0 aliphatic heterocycles. The van der Waals surface area contributed by atoms with Gasteiger partial charge in [-0.05, 0) is 0 Å². The summed E-state index contributed by atoms with van der Waals surface area (Å²) in [5, 5.41) is 14.8. The zero-order valence-corrected chi connectivity index (χ0v) is 37.5. The maximum atomic E-state index is 9.00. The van der Waals surface area contributed by atoms with E-state index in [1.165, 1.54) is 159 Å². The number of carboxylic acid groups (broad SMARTS) is 2. The van der Waals surface area contributed by atoms with Crippen molar-refractivity contribution in [2.75, 3.05) is 0 Å². The minimum atomic E-state index is -2.39. The molecule has 0 unspecified atom stereocenters. The summed E-state index contributed by atoms with van der Waals surface area (Å²) >= 11 is -3.38. The van der Waals surface area contributed by atoms with Crippen LogP contribution >= 0.6 is 0 Å². The average Bonchev–Trinajstić information content (AvgIpc) is 2.95. The Hall–Kier alpha value is 0.457. The third-order valence-electron chi connectivity index (χ3n) is 8.11. The molecule has 44 heavy (non-hydrogen) atoms. The topological polar surface area (TPSA) is 115 Å². The molecule has 0 rings (SSSR count). The van der Waals surface area contributed by atoms with Crippen LogP contribution in [0.2, 0.25) is 17.7 Å². The van der Waals surface area contributed by atoms with Crippen LogP contribution in [0.3, 0.4) is 0 Å². The van der Waals surface area contributed by atoms with Crippen molar-refractivity contribution in [3.8, 4) is 0 Å². The number of hydrogen-bond acceptors (Lipinski definition) is 3. The molecule has 0 fully saturated rings. The summed E-state index contributed by atoms with van der Waals surface area (Å²) in [4.78, 5) is 18.0. The molecule has 0 bridgehead atoms. The second-order valence-corrected chi connectivity index (χ2v) is 33.3. The first-order valence-electron chi connectivity index (χ1n) is 18.7. The van der Waals surface area contributed by atoms with E-state index >= 15 is 0 Å². The molecule has 0 aromatic heterocycles. The van der Waals surface area contributed by atoms with Gasteiger partial charge in [-0.1, -0.05) is 0 Å². The van der Waals surface area contributed by atoms with Crippen molar-refractivity contribution in [1.82, 2.24) is 0 Å². The Bertz CT molecular complexity index is 502. The van der Waals surface area contributed by atoms with Gasteiger partial charge in [-0.3, -0.25) is 9.59 Å². The zero-order chi connectivity index (χ0) is 32.9. The molecule has 4 N–H and O–H groups in total. The molecule has 268 valence electrons. The summed E-state index contributed by atoms with van der Waals surface area (Å²) < 4.78 is 13.6. The number of carboxylic acids is 2. The van der Waals surface area contributed by atoms with Gasteiger partial charge in [-0.2, -0.15) is 0 Å². The average molecular weight is 846 g/mol. The van der Waals surface area contributed by atoms with Gasteiger partial charge in [-0.15, -0.1) is 0 Å². The summed E-state index contributed by atoms with van der Waals surface area (Å²) in [6.45, 7) is 11.5. The van der Waals surface area contributed by atoms with Crippen LogP contribution < -0.4 is 0 Å². The van der Waals surface area contributed by atoms with Crippen molar-refractivity contribution in [1.29, 1.82) is 0 Å². The van der Waals surface area contributed by atoms with Gasteiger partial charge in [0.2, 0.25) is 0 Å². The molecule has 0 saturated carbocycles. The molecular weight excluding hydrogens is 766 g/mol. The Balaban J connectivity index is -0.000000786. The van der Waals surface area contributed by atoms with Gasteiger partial charge in [0.1, 0.15) is 0 Å². The molecule has 0 aromatic rings. The smallest absolute Gasteiger partial charge is 0.412 e. The van der Waals surface area contributed by atoms with Crippen molar-refractivity contribution in [3.05, 3.63) is 0 Å². The largest absolute Gasteiger partial charge is 0.412 e.